The van der Waals surface area contributed by atoms with Crippen LogP contribution in [0.3, 0.4) is 0 Å². The maximum absolute atomic E-state index is 10.3. The summed E-state index contributed by atoms with van der Waals surface area (Å²) in [6.45, 7) is 2.64. The Hall–Kier alpha value is -1.14. The third-order valence-electron chi connectivity index (χ3n) is 3.99. The highest BCUT2D eigenvalue weighted by atomic mass is 16.4. The van der Waals surface area contributed by atoms with Crippen molar-refractivity contribution in [3.63, 3.8) is 0 Å². The van der Waals surface area contributed by atoms with Crippen molar-refractivity contribution in [1.29, 1.82) is 1.43 Å². The molecular weight excluding hydrogens is 322 g/mol. The lowest BCUT2D eigenvalue weighted by Gasteiger charge is -2.01. The van der Waals surface area contributed by atoms with Gasteiger partial charge in [0.05, 0.1) is 0 Å². The number of carbonyl (C=O) groups is 2. The normalized spacial score (nSPS) is 11.9. The van der Waals surface area contributed by atoms with Crippen LogP contribution in [0.5, 0.6) is 0 Å². The summed E-state index contributed by atoms with van der Waals surface area (Å²) in [5, 5.41) is 20.4. The molecule has 0 saturated carbocycles. The Bertz CT molecular complexity index is 317. The molecule has 25 heavy (non-hydrogen) atoms. The lowest BCUT2D eigenvalue weighted by atomic mass is 10.1. The van der Waals surface area contributed by atoms with E-state index in [0.29, 0.717) is 6.61 Å². The van der Waals surface area contributed by atoms with E-state index in [1.54, 1.807) is 0 Å². The van der Waals surface area contributed by atoms with Crippen LogP contribution in [0.1, 0.15) is 96.8 Å². The summed E-state index contributed by atoms with van der Waals surface area (Å²) in [6.07, 6.45) is 16.1. The number of rotatable bonds is 16. The molecule has 0 radical (unpaired) electrons. The molecule has 0 heterocycles. The van der Waals surface area contributed by atoms with E-state index < -0.39 is 18.0 Å². The number of aliphatic hydroxyl groups is 1. The van der Waals surface area contributed by atoms with Crippen LogP contribution in [-0.4, -0.2) is 39.9 Å². The average molecular weight is 363 g/mol. The molecule has 0 unspecified atom stereocenters. The number of nitrogens with two attached hydrogens (primary N) is 1. The van der Waals surface area contributed by atoms with Gasteiger partial charge in [0.15, 0.2) is 0 Å². The minimum atomic E-state index is -1.16. The molecule has 6 nitrogen and oxygen atoms in total. The summed E-state index contributed by atoms with van der Waals surface area (Å²) in [5.41, 5.74) is 5.05. The van der Waals surface area contributed by atoms with Gasteiger partial charge in [-0.2, -0.15) is 0 Å². The van der Waals surface area contributed by atoms with Gasteiger partial charge >= 0.3 is 11.9 Å². The summed E-state index contributed by atoms with van der Waals surface area (Å²) in [4.78, 5) is 20.4. The van der Waals surface area contributed by atoms with Gasteiger partial charge in [0.2, 0.25) is 0 Å². The first-order chi connectivity index (χ1) is 12.5. The van der Waals surface area contributed by atoms with E-state index >= 15 is 0 Å². The Kier molecular flexibility index (Phi) is 20.0. The van der Waals surface area contributed by atoms with Crippen molar-refractivity contribution in [3.05, 3.63) is 0 Å². The molecule has 6 heteroatoms. The van der Waals surface area contributed by atoms with Gasteiger partial charge in [0, 0.05) is 13.0 Å². The van der Waals surface area contributed by atoms with Crippen LogP contribution in [0, 0.1) is 0 Å². The summed E-state index contributed by atoms with van der Waals surface area (Å²) < 4.78 is 6.12. The zero-order chi connectivity index (χ0) is 20.0. The van der Waals surface area contributed by atoms with Crippen molar-refractivity contribution in [2.45, 2.75) is 103 Å². The molecule has 0 spiro atoms. The third kappa shape index (κ3) is 25.2. The lowest BCUT2D eigenvalue weighted by molar-refractivity contribution is -0.139. The predicted molar refractivity (Wildman–Crippen MR) is 101 cm³/mol. The first kappa shape index (κ1) is 23.9. The second kappa shape index (κ2) is 20.9. The fourth-order valence-electron chi connectivity index (χ4n) is 2.35. The molecule has 0 aliphatic heterocycles. The highest BCUT2D eigenvalue weighted by Gasteiger charge is 2.12. The summed E-state index contributed by atoms with van der Waals surface area (Å²) in [7, 11) is 0. The first-order valence-corrected chi connectivity index (χ1v) is 9.74. The maximum Gasteiger partial charge on any atom is 0.320 e. The fraction of sp³-hybridized carbons (Fsp3) is 0.895. The van der Waals surface area contributed by atoms with E-state index in [0.717, 1.165) is 6.42 Å². The molecule has 5 N–H and O–H groups in total. The van der Waals surface area contributed by atoms with Gasteiger partial charge in [0.1, 0.15) is 6.04 Å². The van der Waals surface area contributed by atoms with Gasteiger partial charge in [-0.3, -0.25) is 9.59 Å². The van der Waals surface area contributed by atoms with Crippen molar-refractivity contribution in [2.24, 2.45) is 5.73 Å². The van der Waals surface area contributed by atoms with E-state index in [-0.39, 0.29) is 12.8 Å². The first-order valence-electron chi connectivity index (χ1n) is 10.2. The van der Waals surface area contributed by atoms with Crippen LogP contribution in [0.25, 0.3) is 1.43 Å². The highest BCUT2D eigenvalue weighted by Crippen LogP contribution is 2.11. The SMILES string of the molecule is CCCCCCCCCCCCCCO.[2H]OC(=O)CC[C@H](N)C(=O)O. The number of aliphatic carboxylic acids is 2. The molecule has 0 rings (SSSR count). The average Bonchev–Trinajstić information content (AvgIpc) is 2.64. The van der Waals surface area contributed by atoms with Gasteiger partial charge in [-0.1, -0.05) is 77.6 Å². The Labute approximate surface area is 154 Å². The summed E-state index contributed by atoms with van der Waals surface area (Å²) in [5.74, 6) is -1.94. The summed E-state index contributed by atoms with van der Waals surface area (Å²) >= 11 is 0. The number of aliphatic hydroxyl groups excluding tert-OH is 1. The second-order valence-electron chi connectivity index (χ2n) is 6.47. The van der Waals surface area contributed by atoms with Crippen LogP contribution in [-0.2, 0) is 9.59 Å². The summed E-state index contributed by atoms with van der Waals surface area (Å²) in [6, 6.07) is -1.06. The van der Waals surface area contributed by atoms with Crippen LogP contribution in [0.15, 0.2) is 0 Å². The van der Waals surface area contributed by atoms with Crippen molar-refractivity contribution in [1.82, 2.24) is 0 Å². The molecule has 150 valence electrons. The van der Waals surface area contributed by atoms with Gasteiger partial charge < -0.3 is 21.1 Å². The molecule has 0 bridgehead atoms. The quantitative estimate of drug-likeness (QED) is 0.309. The minimum Gasteiger partial charge on any atom is -0.481 e. The van der Waals surface area contributed by atoms with Crippen LogP contribution >= 0.6 is 0 Å². The van der Waals surface area contributed by atoms with Crippen LogP contribution < -0.4 is 5.73 Å². The van der Waals surface area contributed by atoms with E-state index in [2.05, 4.69) is 12.0 Å². The topological polar surface area (TPSA) is 121 Å². The Morgan fingerprint density at radius 3 is 1.72 bits per heavy atom. The van der Waals surface area contributed by atoms with Crippen molar-refractivity contribution >= 4 is 11.9 Å². The zero-order valence-electron chi connectivity index (χ0n) is 16.9. The largest absolute Gasteiger partial charge is 0.481 e. The Morgan fingerprint density at radius 1 is 0.920 bits per heavy atom. The molecule has 0 saturated heterocycles. The smallest absolute Gasteiger partial charge is 0.320 e. The molecule has 0 aromatic heterocycles. The van der Waals surface area contributed by atoms with E-state index in [4.69, 9.17) is 17.4 Å². The van der Waals surface area contributed by atoms with Gasteiger partial charge in [-0.25, -0.2) is 0 Å². The van der Waals surface area contributed by atoms with Crippen molar-refractivity contribution in [2.75, 3.05) is 6.61 Å². The molecule has 1 atom stereocenters. The van der Waals surface area contributed by atoms with E-state index in [1.807, 2.05) is 0 Å². The lowest BCUT2D eigenvalue weighted by Crippen LogP contribution is -2.30. The Morgan fingerprint density at radius 2 is 1.36 bits per heavy atom. The number of unbranched alkanes of at least 4 members (excludes halogenated alkanes) is 11. The predicted octanol–water partition coefficient (Wildman–Crippen LogP) is 3.94. The van der Waals surface area contributed by atoms with Crippen molar-refractivity contribution in [3.8, 4) is 0 Å². The number of carboxylic acid groups (broad SMARTS) is 2. The van der Waals surface area contributed by atoms with E-state index in [1.165, 1.54) is 70.6 Å². The second-order valence-corrected chi connectivity index (χ2v) is 6.47. The molecular formula is C19H39NO5. The fourth-order valence-corrected chi connectivity index (χ4v) is 2.35. The standard InChI is InChI=1S/C14H30O.C5H9NO4/c1-2-3-4-5-6-7-8-9-10-11-12-13-14-15;6-3(5(9)10)1-2-4(7)8/h15H,2-14H2,1H3;3H,1-2,6H2,(H,7,8)(H,9,10)/t;3-/m.0/s1/i/hD. The maximum atomic E-state index is 10.3. The molecule has 0 aliphatic rings. The third-order valence-corrected chi connectivity index (χ3v) is 3.99. The monoisotopic (exact) mass is 362 g/mol. The minimum absolute atomic E-state index is 0.00690. The van der Waals surface area contributed by atoms with Gasteiger partial charge in [0.25, 0.3) is 1.43 Å². The van der Waals surface area contributed by atoms with Crippen LogP contribution in [0.2, 0.25) is 0 Å². The van der Waals surface area contributed by atoms with Gasteiger partial charge in [-0.05, 0) is 12.8 Å². The Balaban J connectivity index is 0. The molecule has 0 aromatic carbocycles. The number of carboxylic acids is 2. The molecule has 0 amide bonds. The molecule has 0 aromatic rings. The molecule has 0 aliphatic carbocycles. The van der Waals surface area contributed by atoms with Crippen LogP contribution in [0.4, 0.5) is 0 Å². The highest BCUT2D eigenvalue weighted by molar-refractivity contribution is 5.74. The van der Waals surface area contributed by atoms with Crippen molar-refractivity contribution < 1.29 is 24.9 Å². The van der Waals surface area contributed by atoms with Gasteiger partial charge in [-0.15, -0.1) is 0 Å². The van der Waals surface area contributed by atoms with E-state index in [9.17, 15) is 9.59 Å². The molecule has 0 fully saturated rings. The number of hydrogen-bond acceptors (Lipinski definition) is 5. The zero-order valence-corrected chi connectivity index (χ0v) is 15.9. The number of hydrogen-bond donors (Lipinski definition) is 4.